The van der Waals surface area contributed by atoms with Gasteiger partial charge >= 0.3 is 5.97 Å². The van der Waals surface area contributed by atoms with Gasteiger partial charge in [0.2, 0.25) is 5.91 Å². The largest absolute Gasteiger partial charge is 0.464 e. The number of amides is 2. The predicted molar refractivity (Wildman–Crippen MR) is 108 cm³/mol. The molecular weight excluding hydrogens is 380 g/mol. The van der Waals surface area contributed by atoms with E-state index in [1.54, 1.807) is 18.7 Å². The molecule has 2 amide bonds. The van der Waals surface area contributed by atoms with Crippen LogP contribution in [0.5, 0.6) is 0 Å². The summed E-state index contributed by atoms with van der Waals surface area (Å²) in [6, 6.07) is 9.21. The van der Waals surface area contributed by atoms with Crippen molar-refractivity contribution in [2.75, 3.05) is 12.4 Å². The second kappa shape index (κ2) is 11.1. The normalized spacial score (nSPS) is 20.0. The fourth-order valence-corrected chi connectivity index (χ4v) is 3.48. The highest BCUT2D eigenvalue weighted by molar-refractivity contribution is 7.98. The first kappa shape index (κ1) is 22.2. The molecule has 154 valence electrons. The van der Waals surface area contributed by atoms with E-state index in [-0.39, 0.29) is 18.6 Å². The van der Waals surface area contributed by atoms with Gasteiger partial charge in [-0.2, -0.15) is 11.8 Å². The van der Waals surface area contributed by atoms with Gasteiger partial charge in [0, 0.05) is 17.5 Å². The van der Waals surface area contributed by atoms with Crippen molar-refractivity contribution in [3.05, 3.63) is 35.9 Å². The smallest absolute Gasteiger partial charge is 0.338 e. The maximum Gasteiger partial charge on any atom is 0.338 e. The monoisotopic (exact) mass is 408 g/mol. The average Bonchev–Trinajstić information content (AvgIpc) is 3.49. The van der Waals surface area contributed by atoms with Gasteiger partial charge in [-0.15, -0.1) is 0 Å². The maximum absolute atomic E-state index is 12.6. The van der Waals surface area contributed by atoms with Crippen molar-refractivity contribution < 1.29 is 23.9 Å². The molecule has 2 rings (SSSR count). The summed E-state index contributed by atoms with van der Waals surface area (Å²) in [6.07, 6.45) is -0.979. The van der Waals surface area contributed by atoms with Crippen LogP contribution in [0.25, 0.3) is 0 Å². The number of carbonyl (C=O) groups excluding carboxylic acids is 3. The van der Waals surface area contributed by atoms with Gasteiger partial charge in [0.25, 0.3) is 5.91 Å². The van der Waals surface area contributed by atoms with E-state index in [1.165, 1.54) is 0 Å². The van der Waals surface area contributed by atoms with Crippen molar-refractivity contribution in [1.82, 2.24) is 10.6 Å². The third-order valence-corrected chi connectivity index (χ3v) is 5.41. The molecule has 1 aromatic rings. The first-order valence-corrected chi connectivity index (χ1v) is 10.7. The lowest BCUT2D eigenvalue weighted by molar-refractivity contribution is -0.144. The number of ether oxygens (including phenoxy) is 2. The van der Waals surface area contributed by atoms with Crippen LogP contribution >= 0.6 is 11.8 Å². The zero-order valence-corrected chi connectivity index (χ0v) is 17.3. The molecule has 0 spiro atoms. The summed E-state index contributed by atoms with van der Waals surface area (Å²) in [4.78, 5) is 36.6. The maximum atomic E-state index is 12.6. The van der Waals surface area contributed by atoms with Gasteiger partial charge in [-0.3, -0.25) is 9.59 Å². The highest BCUT2D eigenvalue weighted by atomic mass is 32.2. The SMILES string of the molecule is CCOC(=O)[C@H]1O[C@@H]1C(=O)NC(CSCc1ccccc1)C(=O)NC(C)CC. The molecule has 2 unspecified atom stereocenters. The van der Waals surface area contributed by atoms with E-state index in [0.29, 0.717) is 5.75 Å². The molecule has 4 atom stereocenters. The zero-order chi connectivity index (χ0) is 20.5. The molecule has 2 N–H and O–H groups in total. The second-order valence-electron chi connectivity index (χ2n) is 6.61. The van der Waals surface area contributed by atoms with Gasteiger partial charge in [0.1, 0.15) is 6.04 Å². The number of hydrogen-bond acceptors (Lipinski definition) is 6. The van der Waals surface area contributed by atoms with E-state index in [4.69, 9.17) is 9.47 Å². The molecule has 0 radical (unpaired) electrons. The van der Waals surface area contributed by atoms with Gasteiger partial charge in [0.15, 0.2) is 12.2 Å². The third kappa shape index (κ3) is 6.83. The van der Waals surface area contributed by atoms with Crippen LogP contribution in [-0.4, -0.2) is 54.4 Å². The van der Waals surface area contributed by atoms with Crippen LogP contribution in [-0.2, 0) is 29.6 Å². The molecule has 1 saturated heterocycles. The lowest BCUT2D eigenvalue weighted by atomic mass is 10.2. The van der Waals surface area contributed by atoms with Crippen LogP contribution in [0.3, 0.4) is 0 Å². The van der Waals surface area contributed by atoms with Crippen molar-refractivity contribution in [3.63, 3.8) is 0 Å². The number of benzene rings is 1. The van der Waals surface area contributed by atoms with Gasteiger partial charge in [-0.05, 0) is 25.8 Å². The first-order chi connectivity index (χ1) is 13.5. The van der Waals surface area contributed by atoms with Crippen LogP contribution in [0.4, 0.5) is 0 Å². The molecule has 28 heavy (non-hydrogen) atoms. The minimum atomic E-state index is -0.892. The number of carbonyl (C=O) groups is 3. The zero-order valence-electron chi connectivity index (χ0n) is 16.5. The van der Waals surface area contributed by atoms with Gasteiger partial charge < -0.3 is 20.1 Å². The number of rotatable bonds is 11. The Bertz CT molecular complexity index is 670. The van der Waals surface area contributed by atoms with Crippen LogP contribution in [0.2, 0.25) is 0 Å². The first-order valence-electron chi connectivity index (χ1n) is 9.50. The molecule has 1 aliphatic rings. The summed E-state index contributed by atoms with van der Waals surface area (Å²) in [5.41, 5.74) is 1.15. The van der Waals surface area contributed by atoms with Crippen molar-refractivity contribution in [2.45, 2.75) is 57.2 Å². The Kier molecular flexibility index (Phi) is 8.79. The lowest BCUT2D eigenvalue weighted by Gasteiger charge is -2.20. The summed E-state index contributed by atoms with van der Waals surface area (Å²) >= 11 is 1.56. The molecule has 0 aromatic heterocycles. The molecule has 1 aliphatic heterocycles. The number of nitrogens with one attached hydrogen (secondary N) is 2. The summed E-state index contributed by atoms with van der Waals surface area (Å²) in [5, 5.41) is 5.61. The Balaban J connectivity index is 1.91. The Morgan fingerprint density at radius 1 is 1.14 bits per heavy atom. The Morgan fingerprint density at radius 3 is 2.50 bits per heavy atom. The quantitative estimate of drug-likeness (QED) is 0.427. The molecule has 0 bridgehead atoms. The predicted octanol–water partition coefficient (Wildman–Crippen LogP) is 1.65. The Labute approximate surface area is 169 Å². The fraction of sp³-hybridized carbons (Fsp3) is 0.550. The van der Waals surface area contributed by atoms with Gasteiger partial charge in [0.05, 0.1) is 6.61 Å². The minimum Gasteiger partial charge on any atom is -0.464 e. The van der Waals surface area contributed by atoms with Crippen LogP contribution < -0.4 is 10.6 Å². The standard InChI is InChI=1S/C20H28N2O5S/c1-4-13(3)21-18(23)15(12-28-11-14-9-7-6-8-10-14)22-19(24)16-17(27-16)20(25)26-5-2/h6-10,13,15-17H,4-5,11-12H2,1-3H3,(H,21,23)(H,22,24)/t13?,15?,16-,17-/m0/s1. The molecular formula is C20H28N2O5S. The molecule has 1 heterocycles. The van der Waals surface area contributed by atoms with Crippen LogP contribution in [0.1, 0.15) is 32.8 Å². The van der Waals surface area contributed by atoms with Crippen molar-refractivity contribution in [1.29, 1.82) is 0 Å². The van der Waals surface area contributed by atoms with Crippen LogP contribution in [0.15, 0.2) is 30.3 Å². The number of epoxide rings is 1. The number of thioether (sulfide) groups is 1. The summed E-state index contributed by atoms with van der Waals surface area (Å²) in [6.45, 7) is 5.80. The molecule has 0 aliphatic carbocycles. The minimum absolute atomic E-state index is 0.00970. The summed E-state index contributed by atoms with van der Waals surface area (Å²) < 4.78 is 9.98. The summed E-state index contributed by atoms with van der Waals surface area (Å²) in [5.74, 6) is -0.115. The van der Waals surface area contributed by atoms with Crippen molar-refractivity contribution in [2.24, 2.45) is 0 Å². The van der Waals surface area contributed by atoms with Crippen molar-refractivity contribution >= 4 is 29.5 Å². The van der Waals surface area contributed by atoms with Crippen molar-refractivity contribution in [3.8, 4) is 0 Å². The van der Waals surface area contributed by atoms with E-state index < -0.39 is 30.1 Å². The lowest BCUT2D eigenvalue weighted by Crippen LogP contribution is -2.51. The van der Waals surface area contributed by atoms with E-state index >= 15 is 0 Å². The van der Waals surface area contributed by atoms with E-state index in [2.05, 4.69) is 10.6 Å². The molecule has 1 aromatic carbocycles. The fourth-order valence-electron chi connectivity index (χ4n) is 2.47. The molecule has 0 saturated carbocycles. The molecule has 1 fully saturated rings. The topological polar surface area (TPSA) is 97.0 Å². The number of hydrogen-bond donors (Lipinski definition) is 2. The highest BCUT2D eigenvalue weighted by Gasteiger charge is 2.52. The Hall–Kier alpha value is -2.06. The average molecular weight is 409 g/mol. The molecule has 7 nitrogen and oxygen atoms in total. The van der Waals surface area contributed by atoms with Gasteiger partial charge in [-0.1, -0.05) is 37.3 Å². The molecule has 8 heteroatoms. The second-order valence-corrected chi connectivity index (χ2v) is 7.64. The van der Waals surface area contributed by atoms with E-state index in [9.17, 15) is 14.4 Å². The number of esters is 1. The highest BCUT2D eigenvalue weighted by Crippen LogP contribution is 2.24. The van der Waals surface area contributed by atoms with Crippen LogP contribution in [0, 0.1) is 0 Å². The van der Waals surface area contributed by atoms with E-state index in [0.717, 1.165) is 17.7 Å². The van der Waals surface area contributed by atoms with E-state index in [1.807, 2.05) is 44.2 Å². The Morgan fingerprint density at radius 2 is 1.86 bits per heavy atom. The third-order valence-electron chi connectivity index (χ3n) is 4.30. The van der Waals surface area contributed by atoms with Gasteiger partial charge in [-0.25, -0.2) is 4.79 Å². The summed E-state index contributed by atoms with van der Waals surface area (Å²) in [7, 11) is 0.